The number of amides is 2. The van der Waals surface area contributed by atoms with Crippen LogP contribution >= 0.6 is 0 Å². The molecule has 108 valence electrons. The molecule has 1 aliphatic heterocycles. The van der Waals surface area contributed by atoms with Gasteiger partial charge in [0.15, 0.2) is 9.84 Å². The minimum Gasteiger partial charge on any atom is -0.335 e. The second kappa shape index (κ2) is 5.09. The third kappa shape index (κ3) is 2.65. The molecule has 1 N–H and O–H groups in total. The van der Waals surface area contributed by atoms with E-state index >= 15 is 0 Å². The molecule has 20 heavy (non-hydrogen) atoms. The van der Waals surface area contributed by atoms with Gasteiger partial charge in [-0.2, -0.15) is 0 Å². The number of urea groups is 1. The Morgan fingerprint density at radius 1 is 1.15 bits per heavy atom. The lowest BCUT2D eigenvalue weighted by molar-refractivity contribution is 0.208. The Morgan fingerprint density at radius 2 is 1.85 bits per heavy atom. The first-order valence-electron chi connectivity index (χ1n) is 6.92. The molecule has 3 rings (SSSR count). The molecule has 2 aliphatic rings. The van der Waals surface area contributed by atoms with Crippen molar-refractivity contribution in [1.82, 2.24) is 10.2 Å². The summed E-state index contributed by atoms with van der Waals surface area (Å²) in [5.41, 5.74) is 0. The second-order valence-electron chi connectivity index (χ2n) is 5.44. The number of benzene rings is 1. The van der Waals surface area contributed by atoms with Gasteiger partial charge in [-0.25, -0.2) is 13.2 Å². The van der Waals surface area contributed by atoms with Crippen LogP contribution in [-0.4, -0.2) is 43.7 Å². The van der Waals surface area contributed by atoms with Gasteiger partial charge < -0.3 is 10.2 Å². The molecule has 1 atom stereocenters. The van der Waals surface area contributed by atoms with Gasteiger partial charge in [0.1, 0.15) is 0 Å². The maximum absolute atomic E-state index is 12.5. The molecule has 1 aromatic rings. The molecule has 1 unspecified atom stereocenters. The Labute approximate surface area is 118 Å². The summed E-state index contributed by atoms with van der Waals surface area (Å²) < 4.78 is 25.0. The number of carbonyl (C=O) groups excluding carboxylic acids is 1. The molecule has 1 heterocycles. The molecule has 0 spiro atoms. The standard InChI is InChI=1S/C14H18N2O3S/c17-14(15-11-6-7-11)16-9-8-13(10-16)20(18,19)12-4-2-1-3-5-12/h1-5,11,13H,6-10H2,(H,15,17). The molecule has 1 aliphatic carbocycles. The summed E-state index contributed by atoms with van der Waals surface area (Å²) in [6, 6.07) is 8.64. The highest BCUT2D eigenvalue weighted by Crippen LogP contribution is 2.25. The number of nitrogens with zero attached hydrogens (tertiary/aromatic N) is 1. The van der Waals surface area contributed by atoms with Crippen LogP contribution in [0.1, 0.15) is 19.3 Å². The van der Waals surface area contributed by atoms with Gasteiger partial charge in [-0.05, 0) is 31.4 Å². The van der Waals surface area contributed by atoms with Crippen molar-refractivity contribution in [3.8, 4) is 0 Å². The fraction of sp³-hybridized carbons (Fsp3) is 0.500. The number of rotatable bonds is 3. The maximum atomic E-state index is 12.5. The molecular formula is C14H18N2O3S. The number of hydrogen-bond donors (Lipinski definition) is 1. The highest BCUT2D eigenvalue weighted by molar-refractivity contribution is 7.92. The lowest BCUT2D eigenvalue weighted by Gasteiger charge is -2.17. The average Bonchev–Trinajstić information content (AvgIpc) is 3.11. The quantitative estimate of drug-likeness (QED) is 0.916. The van der Waals surface area contributed by atoms with Crippen molar-refractivity contribution < 1.29 is 13.2 Å². The van der Waals surface area contributed by atoms with Crippen LogP contribution in [-0.2, 0) is 9.84 Å². The van der Waals surface area contributed by atoms with Crippen LogP contribution < -0.4 is 5.32 Å². The Kier molecular flexibility index (Phi) is 3.41. The summed E-state index contributed by atoms with van der Waals surface area (Å²) in [6.07, 6.45) is 2.58. The SMILES string of the molecule is O=C(NC1CC1)N1CCC(S(=O)(=O)c2ccccc2)C1. The fourth-order valence-corrected chi connectivity index (χ4v) is 4.18. The van der Waals surface area contributed by atoms with Crippen LogP contribution in [0.3, 0.4) is 0 Å². The molecule has 0 radical (unpaired) electrons. The smallest absolute Gasteiger partial charge is 0.317 e. The van der Waals surface area contributed by atoms with Crippen LogP contribution in [0.15, 0.2) is 35.2 Å². The van der Waals surface area contributed by atoms with E-state index in [-0.39, 0.29) is 12.6 Å². The van der Waals surface area contributed by atoms with Gasteiger partial charge in [0.25, 0.3) is 0 Å². The van der Waals surface area contributed by atoms with Crippen molar-refractivity contribution in [3.63, 3.8) is 0 Å². The third-order valence-corrected chi connectivity index (χ3v) is 6.04. The van der Waals surface area contributed by atoms with E-state index in [0.29, 0.717) is 23.9 Å². The molecule has 2 amide bonds. The summed E-state index contributed by atoms with van der Waals surface area (Å²) in [7, 11) is -3.34. The molecule has 1 saturated carbocycles. The van der Waals surface area contributed by atoms with Crippen molar-refractivity contribution in [2.24, 2.45) is 0 Å². The topological polar surface area (TPSA) is 66.5 Å². The molecule has 0 aromatic heterocycles. The van der Waals surface area contributed by atoms with Crippen molar-refractivity contribution in [1.29, 1.82) is 0 Å². The monoisotopic (exact) mass is 294 g/mol. The van der Waals surface area contributed by atoms with Gasteiger partial charge in [-0.15, -0.1) is 0 Å². The number of likely N-dealkylation sites (tertiary alicyclic amines) is 1. The van der Waals surface area contributed by atoms with E-state index in [1.165, 1.54) is 0 Å². The number of sulfone groups is 1. The minimum absolute atomic E-state index is 0.127. The minimum atomic E-state index is -3.34. The van der Waals surface area contributed by atoms with Gasteiger partial charge in [-0.1, -0.05) is 18.2 Å². The maximum Gasteiger partial charge on any atom is 0.317 e. The Bertz CT molecular complexity index is 596. The van der Waals surface area contributed by atoms with Gasteiger partial charge in [-0.3, -0.25) is 0 Å². The largest absolute Gasteiger partial charge is 0.335 e. The van der Waals surface area contributed by atoms with Crippen molar-refractivity contribution in [2.45, 2.75) is 35.4 Å². The zero-order valence-corrected chi connectivity index (χ0v) is 12.0. The van der Waals surface area contributed by atoms with Gasteiger partial charge in [0, 0.05) is 19.1 Å². The van der Waals surface area contributed by atoms with Crippen molar-refractivity contribution in [3.05, 3.63) is 30.3 Å². The van der Waals surface area contributed by atoms with Crippen LogP contribution in [0.4, 0.5) is 4.79 Å². The van der Waals surface area contributed by atoms with E-state index in [4.69, 9.17) is 0 Å². The second-order valence-corrected chi connectivity index (χ2v) is 7.67. The summed E-state index contributed by atoms with van der Waals surface area (Å²) >= 11 is 0. The zero-order chi connectivity index (χ0) is 14.2. The average molecular weight is 294 g/mol. The van der Waals surface area contributed by atoms with E-state index in [1.54, 1.807) is 35.2 Å². The lowest BCUT2D eigenvalue weighted by atomic mass is 10.4. The van der Waals surface area contributed by atoms with E-state index < -0.39 is 15.1 Å². The summed E-state index contributed by atoms with van der Waals surface area (Å²) in [5, 5.41) is 2.41. The first-order chi connectivity index (χ1) is 9.57. The highest BCUT2D eigenvalue weighted by Gasteiger charge is 2.37. The Hall–Kier alpha value is -1.56. The van der Waals surface area contributed by atoms with Crippen molar-refractivity contribution >= 4 is 15.9 Å². The molecule has 1 aromatic carbocycles. The predicted molar refractivity (Wildman–Crippen MR) is 75.2 cm³/mol. The van der Waals surface area contributed by atoms with Gasteiger partial charge in [0.05, 0.1) is 10.1 Å². The summed E-state index contributed by atoms with van der Waals surface area (Å²) in [4.78, 5) is 13.9. The van der Waals surface area contributed by atoms with Crippen LogP contribution in [0, 0.1) is 0 Å². The van der Waals surface area contributed by atoms with Gasteiger partial charge >= 0.3 is 6.03 Å². The van der Waals surface area contributed by atoms with E-state index in [0.717, 1.165) is 12.8 Å². The summed E-state index contributed by atoms with van der Waals surface area (Å²) in [5.74, 6) is 0. The van der Waals surface area contributed by atoms with Crippen molar-refractivity contribution in [2.75, 3.05) is 13.1 Å². The van der Waals surface area contributed by atoms with E-state index in [2.05, 4.69) is 5.32 Å². The normalized spacial score (nSPS) is 22.8. The zero-order valence-electron chi connectivity index (χ0n) is 11.2. The highest BCUT2D eigenvalue weighted by atomic mass is 32.2. The molecule has 1 saturated heterocycles. The number of hydrogen-bond acceptors (Lipinski definition) is 3. The molecular weight excluding hydrogens is 276 g/mol. The fourth-order valence-electron chi connectivity index (χ4n) is 2.46. The number of carbonyl (C=O) groups is 1. The molecule has 0 bridgehead atoms. The predicted octanol–water partition coefficient (Wildman–Crippen LogP) is 1.41. The van der Waals surface area contributed by atoms with Crippen LogP contribution in [0.2, 0.25) is 0 Å². The van der Waals surface area contributed by atoms with Crippen LogP contribution in [0.25, 0.3) is 0 Å². The Morgan fingerprint density at radius 3 is 2.50 bits per heavy atom. The Balaban J connectivity index is 1.68. The number of nitrogens with one attached hydrogen (secondary N) is 1. The molecule has 6 heteroatoms. The first kappa shape index (κ1) is 13.4. The van der Waals surface area contributed by atoms with Crippen LogP contribution in [0.5, 0.6) is 0 Å². The molecule has 2 fully saturated rings. The lowest BCUT2D eigenvalue weighted by Crippen LogP contribution is -2.40. The summed E-state index contributed by atoms with van der Waals surface area (Å²) in [6.45, 7) is 0.797. The third-order valence-electron chi connectivity index (χ3n) is 3.85. The molecule has 5 nitrogen and oxygen atoms in total. The van der Waals surface area contributed by atoms with E-state index in [9.17, 15) is 13.2 Å². The van der Waals surface area contributed by atoms with E-state index in [1.807, 2.05) is 0 Å². The van der Waals surface area contributed by atoms with Gasteiger partial charge in [0.2, 0.25) is 0 Å². The first-order valence-corrected chi connectivity index (χ1v) is 8.46.